The van der Waals surface area contributed by atoms with Gasteiger partial charge in [-0.05, 0) is 63.5 Å². The van der Waals surface area contributed by atoms with Crippen molar-refractivity contribution in [2.75, 3.05) is 32.8 Å². The van der Waals surface area contributed by atoms with Crippen LogP contribution >= 0.6 is 0 Å². The van der Waals surface area contributed by atoms with Crippen molar-refractivity contribution in [1.82, 2.24) is 14.5 Å². The molecule has 1 amide bonds. The number of nitrogens with one attached hydrogen (secondary N) is 1. The zero-order valence-electron chi connectivity index (χ0n) is 19.3. The number of furan rings is 1. The molecule has 1 saturated carbocycles. The van der Waals surface area contributed by atoms with Gasteiger partial charge in [0.05, 0.1) is 6.61 Å². The Morgan fingerprint density at radius 3 is 2.48 bits per heavy atom. The highest BCUT2D eigenvalue weighted by Crippen LogP contribution is 2.29. The minimum Gasteiger partial charge on any atom is -0.460 e. The molecule has 33 heavy (non-hydrogen) atoms. The molecule has 2 saturated heterocycles. The van der Waals surface area contributed by atoms with Crippen LogP contribution in [0.1, 0.15) is 68.8 Å². The summed E-state index contributed by atoms with van der Waals surface area (Å²) in [5.74, 6) is -0.309. The number of esters is 1. The molecule has 0 aromatic carbocycles. The van der Waals surface area contributed by atoms with Crippen LogP contribution in [0.15, 0.2) is 21.6 Å². The number of piperidine rings is 1. The van der Waals surface area contributed by atoms with Crippen molar-refractivity contribution in [1.29, 1.82) is 0 Å². The van der Waals surface area contributed by atoms with Crippen LogP contribution in [0.25, 0.3) is 0 Å². The first kappa shape index (κ1) is 24.2. The van der Waals surface area contributed by atoms with E-state index >= 15 is 0 Å². The molecule has 3 heterocycles. The highest BCUT2D eigenvalue weighted by atomic mass is 32.2. The maximum atomic E-state index is 13.1. The monoisotopic (exact) mass is 481 g/mol. The van der Waals surface area contributed by atoms with E-state index in [1.54, 1.807) is 6.92 Å². The summed E-state index contributed by atoms with van der Waals surface area (Å²) in [6, 6.07) is 1.84. The third-order valence-electron chi connectivity index (χ3n) is 7.05. The molecular weight excluding hydrogens is 446 g/mol. The minimum atomic E-state index is -4.03. The lowest BCUT2D eigenvalue weighted by Crippen LogP contribution is -2.51. The second kappa shape index (κ2) is 10.6. The molecule has 2 aliphatic heterocycles. The van der Waals surface area contributed by atoms with Crippen molar-refractivity contribution < 1.29 is 27.2 Å². The second-order valence-electron chi connectivity index (χ2n) is 9.35. The van der Waals surface area contributed by atoms with Crippen molar-refractivity contribution in [2.45, 2.75) is 75.5 Å². The highest BCUT2D eigenvalue weighted by molar-refractivity contribution is 7.89. The van der Waals surface area contributed by atoms with E-state index in [4.69, 9.17) is 9.15 Å². The number of nitrogens with zero attached hydrogens (tertiary/aromatic N) is 2. The van der Waals surface area contributed by atoms with Crippen molar-refractivity contribution in [3.63, 3.8) is 0 Å². The van der Waals surface area contributed by atoms with Crippen LogP contribution in [-0.4, -0.2) is 74.4 Å². The molecule has 1 aliphatic carbocycles. The largest absolute Gasteiger partial charge is 0.460 e. The van der Waals surface area contributed by atoms with Gasteiger partial charge in [-0.2, -0.15) is 4.31 Å². The molecule has 3 fully saturated rings. The minimum absolute atomic E-state index is 0.0708. The number of carbonyl (C=O) groups excluding carboxylic acids is 2. The summed E-state index contributed by atoms with van der Waals surface area (Å²) in [5.41, 5.74) is 0. The van der Waals surface area contributed by atoms with Gasteiger partial charge in [0.25, 0.3) is 10.0 Å². The van der Waals surface area contributed by atoms with E-state index in [1.807, 2.05) is 0 Å². The van der Waals surface area contributed by atoms with Crippen LogP contribution in [0.3, 0.4) is 0 Å². The third-order valence-corrected chi connectivity index (χ3v) is 8.83. The number of hydrogen-bond acceptors (Lipinski definition) is 7. The zero-order chi connectivity index (χ0) is 23.4. The normalized spacial score (nSPS) is 23.7. The van der Waals surface area contributed by atoms with E-state index in [-0.39, 0.29) is 36.0 Å². The van der Waals surface area contributed by atoms with Crippen LogP contribution in [0.4, 0.5) is 0 Å². The molecule has 0 radical (unpaired) electrons. The Morgan fingerprint density at radius 2 is 1.79 bits per heavy atom. The first-order chi connectivity index (χ1) is 15.9. The first-order valence-corrected chi connectivity index (χ1v) is 13.6. The van der Waals surface area contributed by atoms with Crippen molar-refractivity contribution >= 4 is 21.9 Å². The van der Waals surface area contributed by atoms with Crippen LogP contribution in [0, 0.1) is 5.92 Å². The van der Waals surface area contributed by atoms with Gasteiger partial charge in [0, 0.05) is 32.2 Å². The number of amides is 1. The maximum absolute atomic E-state index is 13.1. The summed E-state index contributed by atoms with van der Waals surface area (Å²) in [7, 11) is -4.03. The second-order valence-corrected chi connectivity index (χ2v) is 11.2. The van der Waals surface area contributed by atoms with Gasteiger partial charge in [0.15, 0.2) is 0 Å². The van der Waals surface area contributed by atoms with Gasteiger partial charge in [-0.15, -0.1) is 0 Å². The molecular formula is C23H35N3O6S. The topological polar surface area (TPSA) is 109 Å². The Bertz CT molecular complexity index is 932. The fraction of sp³-hybridized carbons (Fsp3) is 0.739. The third kappa shape index (κ3) is 5.60. The van der Waals surface area contributed by atoms with E-state index in [9.17, 15) is 18.0 Å². The van der Waals surface area contributed by atoms with Gasteiger partial charge in [-0.25, -0.2) is 13.2 Å². The predicted molar refractivity (Wildman–Crippen MR) is 121 cm³/mol. The van der Waals surface area contributed by atoms with Gasteiger partial charge in [-0.1, -0.05) is 12.8 Å². The van der Waals surface area contributed by atoms with E-state index in [0.29, 0.717) is 12.8 Å². The maximum Gasteiger partial charge on any atom is 0.374 e. The molecule has 1 unspecified atom stereocenters. The molecule has 1 N–H and O–H groups in total. The summed E-state index contributed by atoms with van der Waals surface area (Å²) in [5, 5.41) is 2.75. The lowest BCUT2D eigenvalue weighted by molar-refractivity contribution is -0.125. The molecule has 10 heteroatoms. The molecule has 9 nitrogen and oxygen atoms in total. The SMILES string of the molecule is CCOC(=O)c1ccc(S(=O)(=O)N2CCCC2C(=O)NC2CCN(CC3CCCC3)CC2)o1. The summed E-state index contributed by atoms with van der Waals surface area (Å²) in [6.45, 7) is 5.16. The Labute approximate surface area is 195 Å². The van der Waals surface area contributed by atoms with Gasteiger partial charge >= 0.3 is 5.97 Å². The molecule has 1 atom stereocenters. The van der Waals surface area contributed by atoms with Gasteiger partial charge in [0.1, 0.15) is 6.04 Å². The lowest BCUT2D eigenvalue weighted by atomic mass is 10.0. The number of carbonyl (C=O) groups is 2. The van der Waals surface area contributed by atoms with E-state index < -0.39 is 22.0 Å². The Hall–Kier alpha value is -1.91. The van der Waals surface area contributed by atoms with Crippen LogP contribution < -0.4 is 5.32 Å². The fourth-order valence-corrected chi connectivity index (χ4v) is 6.86. The summed E-state index contributed by atoms with van der Waals surface area (Å²) in [4.78, 5) is 27.4. The van der Waals surface area contributed by atoms with Gasteiger partial charge in [-0.3, -0.25) is 4.79 Å². The average Bonchev–Trinajstić information content (AvgIpc) is 3.56. The van der Waals surface area contributed by atoms with Crippen LogP contribution in [0.5, 0.6) is 0 Å². The fourth-order valence-electron chi connectivity index (χ4n) is 5.29. The number of hydrogen-bond donors (Lipinski definition) is 1. The van der Waals surface area contributed by atoms with E-state index in [2.05, 4.69) is 10.2 Å². The summed E-state index contributed by atoms with van der Waals surface area (Å²) in [6.07, 6.45) is 8.21. The Kier molecular flexibility index (Phi) is 7.76. The van der Waals surface area contributed by atoms with Crippen molar-refractivity contribution in [3.05, 3.63) is 17.9 Å². The quantitative estimate of drug-likeness (QED) is 0.568. The van der Waals surface area contributed by atoms with Gasteiger partial charge in [0.2, 0.25) is 16.8 Å². The molecule has 184 valence electrons. The summed E-state index contributed by atoms with van der Waals surface area (Å²) < 4.78 is 37.6. The van der Waals surface area contributed by atoms with Crippen molar-refractivity contribution in [2.24, 2.45) is 5.92 Å². The van der Waals surface area contributed by atoms with E-state index in [1.165, 1.54) is 42.1 Å². The van der Waals surface area contributed by atoms with Crippen LogP contribution in [0.2, 0.25) is 0 Å². The number of rotatable bonds is 8. The zero-order valence-corrected chi connectivity index (χ0v) is 20.1. The first-order valence-electron chi connectivity index (χ1n) is 12.2. The molecule has 1 aromatic heterocycles. The lowest BCUT2D eigenvalue weighted by Gasteiger charge is -2.34. The van der Waals surface area contributed by atoms with E-state index in [0.717, 1.165) is 38.4 Å². The number of ether oxygens (including phenoxy) is 1. The average molecular weight is 482 g/mol. The highest BCUT2D eigenvalue weighted by Gasteiger charge is 2.41. The molecule has 4 rings (SSSR count). The molecule has 0 spiro atoms. The summed E-state index contributed by atoms with van der Waals surface area (Å²) >= 11 is 0. The number of sulfonamides is 1. The molecule has 1 aromatic rings. The van der Waals surface area contributed by atoms with Gasteiger partial charge < -0.3 is 19.4 Å². The molecule has 3 aliphatic rings. The van der Waals surface area contributed by atoms with Crippen molar-refractivity contribution in [3.8, 4) is 0 Å². The van der Waals surface area contributed by atoms with Crippen LogP contribution in [-0.2, 0) is 19.6 Å². The standard InChI is InChI=1S/C23H35N3O6S/c1-2-31-23(28)20-9-10-21(32-20)33(29,30)26-13-5-8-19(26)22(27)24-18-11-14-25(15-12-18)16-17-6-3-4-7-17/h9-10,17-19H,2-8,11-16H2,1H3,(H,24,27). The smallest absolute Gasteiger partial charge is 0.374 e. The molecule has 0 bridgehead atoms. The predicted octanol–water partition coefficient (Wildman–Crippen LogP) is 2.38. The number of likely N-dealkylation sites (tertiary alicyclic amines) is 1. The Balaban J connectivity index is 1.33. The Morgan fingerprint density at radius 1 is 1.06 bits per heavy atom.